The number of thiazole rings is 1. The van der Waals surface area contributed by atoms with Crippen LogP contribution in [-0.4, -0.2) is 58.1 Å². The summed E-state index contributed by atoms with van der Waals surface area (Å²) in [4.78, 5) is 16.4. The highest BCUT2D eigenvalue weighted by Crippen LogP contribution is 2.29. The van der Waals surface area contributed by atoms with Crippen molar-refractivity contribution >= 4 is 33.8 Å². The van der Waals surface area contributed by atoms with Gasteiger partial charge in [0, 0.05) is 31.1 Å². The fraction of sp³-hybridized carbons (Fsp3) is 0.500. The normalized spacial score (nSPS) is 16.5. The van der Waals surface area contributed by atoms with E-state index in [4.69, 9.17) is 5.73 Å². The number of nitrogens with two attached hydrogens (primary N) is 1. The highest BCUT2D eigenvalue weighted by Gasteiger charge is 2.17. The van der Waals surface area contributed by atoms with Crippen molar-refractivity contribution in [1.82, 2.24) is 24.9 Å². The SMILES string of the molecule is Cc1nc(Nc2ncnc(NN3CCN(C)CC3)c2N)sc1C. The molecule has 1 saturated heterocycles. The minimum atomic E-state index is 0.497. The Kier molecular flexibility index (Phi) is 4.60. The minimum absolute atomic E-state index is 0.497. The van der Waals surface area contributed by atoms with E-state index in [2.05, 4.69) is 42.7 Å². The minimum Gasteiger partial charge on any atom is -0.393 e. The number of aromatic nitrogens is 3. The van der Waals surface area contributed by atoms with Crippen LogP contribution >= 0.6 is 11.3 Å². The zero-order chi connectivity index (χ0) is 16.4. The molecule has 3 rings (SSSR count). The van der Waals surface area contributed by atoms with Gasteiger partial charge in [0.2, 0.25) is 0 Å². The number of nitrogens with zero attached hydrogens (tertiary/aromatic N) is 5. The van der Waals surface area contributed by atoms with Crippen LogP contribution < -0.4 is 16.5 Å². The summed E-state index contributed by atoms with van der Waals surface area (Å²) < 4.78 is 0. The summed E-state index contributed by atoms with van der Waals surface area (Å²) >= 11 is 1.59. The van der Waals surface area contributed by atoms with Crippen LogP contribution in [0.2, 0.25) is 0 Å². The first kappa shape index (κ1) is 15.9. The van der Waals surface area contributed by atoms with E-state index < -0.39 is 0 Å². The van der Waals surface area contributed by atoms with Gasteiger partial charge in [-0.3, -0.25) is 0 Å². The molecule has 1 fully saturated rings. The Morgan fingerprint density at radius 2 is 1.83 bits per heavy atom. The van der Waals surface area contributed by atoms with E-state index >= 15 is 0 Å². The zero-order valence-electron chi connectivity index (χ0n) is 13.6. The van der Waals surface area contributed by atoms with Gasteiger partial charge in [0.15, 0.2) is 16.8 Å². The lowest BCUT2D eigenvalue weighted by molar-refractivity contribution is 0.178. The molecule has 23 heavy (non-hydrogen) atoms. The Labute approximate surface area is 139 Å². The first-order valence-electron chi connectivity index (χ1n) is 7.54. The molecule has 0 bridgehead atoms. The van der Waals surface area contributed by atoms with Crippen LogP contribution in [0.25, 0.3) is 0 Å². The number of hydrogen-bond donors (Lipinski definition) is 3. The second kappa shape index (κ2) is 6.65. The first-order valence-corrected chi connectivity index (χ1v) is 8.36. The Balaban J connectivity index is 1.73. The number of rotatable bonds is 4. The van der Waals surface area contributed by atoms with Gasteiger partial charge in [-0.25, -0.2) is 20.0 Å². The Hall–Kier alpha value is -1.97. The maximum absolute atomic E-state index is 6.21. The monoisotopic (exact) mass is 334 g/mol. The van der Waals surface area contributed by atoms with Crippen LogP contribution in [0.15, 0.2) is 6.33 Å². The third-order valence-corrected chi connectivity index (χ3v) is 4.89. The van der Waals surface area contributed by atoms with E-state index in [0.717, 1.165) is 37.0 Å². The van der Waals surface area contributed by atoms with Crippen molar-refractivity contribution in [2.24, 2.45) is 0 Å². The van der Waals surface area contributed by atoms with E-state index in [1.165, 1.54) is 11.2 Å². The lowest BCUT2D eigenvalue weighted by Gasteiger charge is -2.32. The third kappa shape index (κ3) is 3.69. The zero-order valence-corrected chi connectivity index (χ0v) is 14.4. The molecule has 0 saturated carbocycles. The molecular formula is C14H22N8S. The summed E-state index contributed by atoms with van der Waals surface area (Å²) in [6.07, 6.45) is 1.50. The average Bonchev–Trinajstić information content (AvgIpc) is 2.84. The summed E-state index contributed by atoms with van der Waals surface area (Å²) in [5.41, 5.74) is 11.0. The molecule has 2 aromatic heterocycles. The van der Waals surface area contributed by atoms with Crippen LogP contribution in [0, 0.1) is 13.8 Å². The molecule has 0 radical (unpaired) electrons. The Morgan fingerprint density at radius 3 is 2.48 bits per heavy atom. The predicted octanol–water partition coefficient (Wildman–Crippen LogP) is 1.45. The van der Waals surface area contributed by atoms with Crippen LogP contribution in [-0.2, 0) is 0 Å². The van der Waals surface area contributed by atoms with Gasteiger partial charge in [-0.1, -0.05) is 0 Å². The van der Waals surface area contributed by atoms with Crippen LogP contribution in [0.4, 0.5) is 22.5 Å². The number of anilines is 4. The maximum atomic E-state index is 6.21. The lowest BCUT2D eigenvalue weighted by Crippen LogP contribution is -2.47. The number of hydrogen-bond acceptors (Lipinski definition) is 9. The van der Waals surface area contributed by atoms with Gasteiger partial charge in [0.1, 0.15) is 12.0 Å². The van der Waals surface area contributed by atoms with Crippen molar-refractivity contribution in [3.63, 3.8) is 0 Å². The summed E-state index contributed by atoms with van der Waals surface area (Å²) in [6, 6.07) is 0. The highest BCUT2D eigenvalue weighted by atomic mass is 32.1. The molecule has 0 aliphatic carbocycles. The average molecular weight is 334 g/mol. The Bertz CT molecular complexity index is 658. The molecule has 1 aliphatic heterocycles. The second-order valence-electron chi connectivity index (χ2n) is 5.67. The van der Waals surface area contributed by atoms with Crippen LogP contribution in [0.1, 0.15) is 10.6 Å². The molecule has 0 spiro atoms. The summed E-state index contributed by atoms with van der Waals surface area (Å²) in [5, 5.41) is 6.10. The summed E-state index contributed by atoms with van der Waals surface area (Å²) in [6.45, 7) is 7.91. The smallest absolute Gasteiger partial charge is 0.188 e. The molecule has 0 aromatic carbocycles. The van der Waals surface area contributed by atoms with E-state index in [-0.39, 0.29) is 0 Å². The van der Waals surface area contributed by atoms with Gasteiger partial charge in [-0.2, -0.15) is 0 Å². The van der Waals surface area contributed by atoms with Crippen molar-refractivity contribution < 1.29 is 0 Å². The topological polar surface area (TPSA) is 95.2 Å². The lowest BCUT2D eigenvalue weighted by atomic mass is 10.4. The van der Waals surface area contributed by atoms with Gasteiger partial charge in [-0.05, 0) is 20.9 Å². The standard InChI is InChI=1S/C14H22N8S/c1-9-10(2)23-14(18-9)19-12-11(15)13(17-8-16-12)20-22-6-4-21(3)5-7-22/h8H,4-7,15H2,1-3H3,(H2,16,17,18,19,20). The molecular weight excluding hydrogens is 312 g/mol. The van der Waals surface area contributed by atoms with Crippen LogP contribution in [0.5, 0.6) is 0 Å². The third-order valence-electron chi connectivity index (χ3n) is 3.91. The number of nitrogens with one attached hydrogen (secondary N) is 2. The van der Waals surface area contributed by atoms with Crippen molar-refractivity contribution in [2.75, 3.05) is 49.7 Å². The van der Waals surface area contributed by atoms with Gasteiger partial charge in [-0.15, -0.1) is 11.3 Å². The molecule has 3 heterocycles. The molecule has 0 atom stereocenters. The number of aryl methyl sites for hydroxylation is 2. The van der Waals surface area contributed by atoms with E-state index in [9.17, 15) is 0 Å². The van der Waals surface area contributed by atoms with Gasteiger partial charge >= 0.3 is 0 Å². The van der Waals surface area contributed by atoms with Gasteiger partial charge in [0.05, 0.1) is 5.69 Å². The molecule has 1 aliphatic rings. The Morgan fingerprint density at radius 1 is 1.13 bits per heavy atom. The van der Waals surface area contributed by atoms with Crippen molar-refractivity contribution in [1.29, 1.82) is 0 Å². The van der Waals surface area contributed by atoms with E-state index in [1.807, 2.05) is 13.8 Å². The van der Waals surface area contributed by atoms with Gasteiger partial charge in [0.25, 0.3) is 0 Å². The molecule has 2 aromatic rings. The van der Waals surface area contributed by atoms with Crippen molar-refractivity contribution in [3.05, 3.63) is 16.9 Å². The molecule has 9 heteroatoms. The quantitative estimate of drug-likeness (QED) is 0.773. The fourth-order valence-corrected chi connectivity index (χ4v) is 3.09. The molecule has 4 N–H and O–H groups in total. The predicted molar refractivity (Wildman–Crippen MR) is 94.0 cm³/mol. The summed E-state index contributed by atoms with van der Waals surface area (Å²) in [7, 11) is 2.12. The van der Waals surface area contributed by atoms with Crippen molar-refractivity contribution in [3.8, 4) is 0 Å². The number of hydrazine groups is 1. The fourth-order valence-electron chi connectivity index (χ4n) is 2.28. The maximum Gasteiger partial charge on any atom is 0.188 e. The first-order chi connectivity index (χ1) is 11.0. The molecule has 8 nitrogen and oxygen atoms in total. The number of nitrogen functional groups attached to an aromatic ring is 1. The molecule has 0 amide bonds. The molecule has 0 unspecified atom stereocenters. The number of likely N-dealkylation sites (N-methyl/N-ethyl adjacent to an activating group) is 1. The summed E-state index contributed by atoms with van der Waals surface area (Å²) in [5.74, 6) is 1.20. The van der Waals surface area contributed by atoms with Crippen molar-refractivity contribution in [2.45, 2.75) is 13.8 Å². The highest BCUT2D eigenvalue weighted by molar-refractivity contribution is 7.15. The second-order valence-corrected chi connectivity index (χ2v) is 6.88. The van der Waals surface area contributed by atoms with Crippen LogP contribution in [0.3, 0.4) is 0 Å². The largest absolute Gasteiger partial charge is 0.393 e. The van der Waals surface area contributed by atoms with Gasteiger partial charge < -0.3 is 21.4 Å². The van der Waals surface area contributed by atoms with E-state index in [0.29, 0.717) is 17.3 Å². The van der Waals surface area contributed by atoms with E-state index in [1.54, 1.807) is 11.3 Å². The number of piperazine rings is 1. The molecule has 124 valence electrons.